The van der Waals surface area contributed by atoms with Crippen molar-refractivity contribution in [3.63, 3.8) is 0 Å². The van der Waals surface area contributed by atoms with Gasteiger partial charge in [-0.1, -0.05) is 18.1 Å². The van der Waals surface area contributed by atoms with E-state index in [2.05, 4.69) is 67.1 Å². The Morgan fingerprint density at radius 1 is 1.28 bits per heavy atom. The van der Waals surface area contributed by atoms with Crippen molar-refractivity contribution in [2.24, 2.45) is 0 Å². The zero-order valence-corrected chi connectivity index (χ0v) is 17.2. The fourth-order valence-corrected chi connectivity index (χ4v) is 4.44. The Labute approximate surface area is 172 Å². The van der Waals surface area contributed by atoms with Crippen LogP contribution in [0.5, 0.6) is 5.75 Å². The first-order chi connectivity index (χ1) is 12.1. The van der Waals surface area contributed by atoms with E-state index in [0.717, 1.165) is 29.5 Å². The third-order valence-electron chi connectivity index (χ3n) is 3.40. The minimum atomic E-state index is 0.226. The number of imidazole rings is 1. The lowest BCUT2D eigenvalue weighted by molar-refractivity contribution is 0.365. The number of rotatable bonds is 4. The summed E-state index contributed by atoms with van der Waals surface area (Å²) in [6.45, 7) is 0.226. The Bertz CT molecular complexity index is 998. The quantitative estimate of drug-likeness (QED) is 0.287. The molecule has 3 aromatic rings. The lowest BCUT2D eigenvalue weighted by atomic mass is 10.1. The molecule has 0 radical (unpaired) electrons. The fourth-order valence-electron chi connectivity index (χ4n) is 2.32. The van der Waals surface area contributed by atoms with Crippen LogP contribution in [0.4, 0.5) is 0 Å². The number of benzene rings is 2. The van der Waals surface area contributed by atoms with Gasteiger partial charge < -0.3 is 9.72 Å². The van der Waals surface area contributed by atoms with E-state index in [-0.39, 0.29) is 6.61 Å². The molecule has 0 unspecified atom stereocenters. The van der Waals surface area contributed by atoms with Crippen LogP contribution in [0.1, 0.15) is 11.4 Å². The van der Waals surface area contributed by atoms with Crippen molar-refractivity contribution in [1.29, 1.82) is 5.26 Å². The molecule has 0 amide bonds. The van der Waals surface area contributed by atoms with E-state index in [1.807, 2.05) is 42.5 Å². The lowest BCUT2D eigenvalue weighted by Gasteiger charge is -2.09. The summed E-state index contributed by atoms with van der Waals surface area (Å²) in [5, 5.41) is 9.55. The number of nitrogens with zero attached hydrogens (tertiary/aromatic N) is 2. The van der Waals surface area contributed by atoms with E-state index in [1.54, 1.807) is 0 Å². The molecule has 1 N–H and O–H groups in total. The highest BCUT2D eigenvalue weighted by Crippen LogP contribution is 2.30. The van der Waals surface area contributed by atoms with Gasteiger partial charge in [0.15, 0.2) is 0 Å². The van der Waals surface area contributed by atoms with E-state index < -0.39 is 0 Å². The van der Waals surface area contributed by atoms with Gasteiger partial charge in [0.2, 0.25) is 0 Å². The fraction of sp³-hybridized carbons (Fsp3) is 0.0526. The molecule has 0 atom stereocenters. The molecule has 2 aromatic carbocycles. The number of nitrogens with one attached hydrogen (secondary N) is 1. The second-order valence-electron chi connectivity index (χ2n) is 5.08. The zero-order valence-electron chi connectivity index (χ0n) is 12.9. The highest BCUT2D eigenvalue weighted by molar-refractivity contribution is 14.1. The number of hydrogen-bond acceptors (Lipinski definition) is 3. The van der Waals surface area contributed by atoms with Crippen molar-refractivity contribution >= 4 is 67.9 Å². The number of hydrogen-bond donors (Lipinski definition) is 1. The Kier molecular flexibility index (Phi) is 5.61. The molecule has 1 aromatic heterocycles. The minimum absolute atomic E-state index is 0.226. The monoisotopic (exact) mass is 551 g/mol. The largest absolute Gasteiger partial charge is 0.479 e. The summed E-state index contributed by atoms with van der Waals surface area (Å²) in [7, 11) is 0. The highest BCUT2D eigenvalue weighted by atomic mass is 127. The van der Waals surface area contributed by atoms with Gasteiger partial charge in [0, 0.05) is 0 Å². The van der Waals surface area contributed by atoms with Gasteiger partial charge >= 0.3 is 0 Å². The van der Waals surface area contributed by atoms with Crippen molar-refractivity contribution in [1.82, 2.24) is 9.97 Å². The topological polar surface area (TPSA) is 61.7 Å². The molecule has 1 heterocycles. The van der Waals surface area contributed by atoms with Crippen LogP contribution in [0.3, 0.4) is 0 Å². The normalized spacial score (nSPS) is 11.1. The molecule has 0 saturated heterocycles. The molecule has 0 aliphatic carbocycles. The van der Waals surface area contributed by atoms with E-state index >= 15 is 0 Å². The third kappa shape index (κ3) is 3.97. The van der Waals surface area contributed by atoms with Gasteiger partial charge in [-0.25, -0.2) is 4.98 Å². The molecular weight excluding hydrogens is 540 g/mol. The van der Waals surface area contributed by atoms with E-state index in [0.29, 0.717) is 11.4 Å². The summed E-state index contributed by atoms with van der Waals surface area (Å²) in [5.74, 6) is 3.78. The van der Waals surface area contributed by atoms with Crippen LogP contribution in [0, 0.1) is 30.8 Å². The molecular formula is C19H11I2N3O. The first kappa shape index (κ1) is 17.8. The number of terminal acetylenes is 1. The average molecular weight is 551 g/mol. The molecule has 0 saturated carbocycles. The maximum atomic E-state index is 9.55. The SMILES string of the molecule is C#CCOc1c(I)cc(/C=C(/C#N)c2nc3ccccc3[nH]2)cc1I. The van der Waals surface area contributed by atoms with Crippen LogP contribution >= 0.6 is 45.2 Å². The van der Waals surface area contributed by atoms with Crippen LogP contribution in [-0.4, -0.2) is 16.6 Å². The molecule has 0 fully saturated rings. The Morgan fingerprint density at radius 2 is 2.00 bits per heavy atom. The van der Waals surface area contributed by atoms with Crippen LogP contribution < -0.4 is 4.74 Å². The van der Waals surface area contributed by atoms with Crippen LogP contribution in [0.15, 0.2) is 36.4 Å². The van der Waals surface area contributed by atoms with Gasteiger partial charge in [-0.05, 0) is 81.1 Å². The van der Waals surface area contributed by atoms with E-state index in [9.17, 15) is 5.26 Å². The Morgan fingerprint density at radius 3 is 2.64 bits per heavy atom. The van der Waals surface area contributed by atoms with Crippen molar-refractivity contribution in [3.8, 4) is 24.2 Å². The molecule has 0 bridgehead atoms. The van der Waals surface area contributed by atoms with Gasteiger partial charge in [-0.15, -0.1) is 6.42 Å². The minimum Gasteiger partial charge on any atom is -0.479 e. The maximum absolute atomic E-state index is 9.55. The number of fused-ring (bicyclic) bond motifs is 1. The first-order valence-corrected chi connectivity index (χ1v) is 9.40. The van der Waals surface area contributed by atoms with Crippen molar-refractivity contribution in [3.05, 3.63) is 54.9 Å². The van der Waals surface area contributed by atoms with Gasteiger partial charge in [0.05, 0.1) is 23.7 Å². The van der Waals surface area contributed by atoms with E-state index in [1.165, 1.54) is 0 Å². The number of ether oxygens (including phenoxy) is 1. The number of halogens is 2. The Hall–Kier alpha value is -2.04. The summed E-state index contributed by atoms with van der Waals surface area (Å²) < 4.78 is 7.45. The first-order valence-electron chi connectivity index (χ1n) is 7.24. The number of aromatic amines is 1. The molecule has 0 spiro atoms. The average Bonchev–Trinajstić information content (AvgIpc) is 3.03. The number of para-hydroxylation sites is 2. The molecule has 0 aliphatic rings. The summed E-state index contributed by atoms with van der Waals surface area (Å²) >= 11 is 4.40. The van der Waals surface area contributed by atoms with Crippen LogP contribution in [0.25, 0.3) is 22.7 Å². The molecule has 4 nitrogen and oxygen atoms in total. The summed E-state index contributed by atoms with van der Waals surface area (Å²) in [6, 6.07) is 13.8. The molecule has 3 rings (SSSR count). The maximum Gasteiger partial charge on any atom is 0.149 e. The van der Waals surface area contributed by atoms with Crippen molar-refractivity contribution in [2.45, 2.75) is 0 Å². The summed E-state index contributed by atoms with van der Waals surface area (Å²) in [4.78, 5) is 7.67. The van der Waals surface area contributed by atoms with Gasteiger partial charge in [0.25, 0.3) is 0 Å². The number of H-pyrrole nitrogens is 1. The summed E-state index contributed by atoms with van der Waals surface area (Å²) in [6.07, 6.45) is 7.06. The van der Waals surface area contributed by atoms with Crippen LogP contribution in [-0.2, 0) is 0 Å². The zero-order chi connectivity index (χ0) is 17.8. The lowest BCUT2D eigenvalue weighted by Crippen LogP contribution is -1.98. The van der Waals surface area contributed by atoms with Gasteiger partial charge in [-0.3, -0.25) is 0 Å². The highest BCUT2D eigenvalue weighted by Gasteiger charge is 2.11. The summed E-state index contributed by atoms with van der Waals surface area (Å²) in [5.41, 5.74) is 3.11. The second-order valence-corrected chi connectivity index (χ2v) is 7.40. The predicted molar refractivity (Wildman–Crippen MR) is 116 cm³/mol. The van der Waals surface area contributed by atoms with Crippen molar-refractivity contribution in [2.75, 3.05) is 6.61 Å². The number of allylic oxidation sites excluding steroid dienone is 1. The number of nitriles is 1. The van der Waals surface area contributed by atoms with Gasteiger partial charge in [-0.2, -0.15) is 5.26 Å². The van der Waals surface area contributed by atoms with E-state index in [4.69, 9.17) is 11.2 Å². The third-order valence-corrected chi connectivity index (χ3v) is 5.00. The molecule has 25 heavy (non-hydrogen) atoms. The van der Waals surface area contributed by atoms with Crippen LogP contribution in [0.2, 0.25) is 0 Å². The molecule has 122 valence electrons. The molecule has 0 aliphatic heterocycles. The number of aromatic nitrogens is 2. The smallest absolute Gasteiger partial charge is 0.149 e. The predicted octanol–water partition coefficient (Wildman–Crippen LogP) is 4.85. The van der Waals surface area contributed by atoms with Crippen molar-refractivity contribution < 1.29 is 4.74 Å². The standard InChI is InChI=1S/C19H11I2N3O/c1-2-7-25-18-14(20)9-12(10-15(18)21)8-13(11-22)19-23-16-5-3-4-6-17(16)24-19/h1,3-6,8-10H,7H2,(H,23,24)/b13-8-. The molecule has 6 heteroatoms. The van der Waals surface area contributed by atoms with Gasteiger partial charge in [0.1, 0.15) is 24.3 Å². The second kappa shape index (κ2) is 7.89. The Balaban J connectivity index is 2.00.